The Bertz CT molecular complexity index is 927. The molecule has 1 amide bonds. The molecule has 1 saturated carbocycles. The van der Waals surface area contributed by atoms with Crippen LogP contribution in [0.3, 0.4) is 0 Å². The number of carboxylic acid groups (broad SMARTS) is 1. The first-order valence-corrected chi connectivity index (χ1v) is 10.5. The monoisotopic (exact) mass is 455 g/mol. The molecular formula is C20H23Cl2N3O5. The van der Waals surface area contributed by atoms with Crippen LogP contribution in [0.15, 0.2) is 18.5 Å². The third kappa shape index (κ3) is 5.43. The molecule has 0 bridgehead atoms. The molecule has 0 radical (unpaired) electrons. The van der Waals surface area contributed by atoms with Crippen LogP contribution in [-0.4, -0.2) is 57.1 Å². The minimum atomic E-state index is -1.14. The molecule has 3 rings (SSSR count). The molecule has 0 aliphatic heterocycles. The maximum atomic E-state index is 12.7. The number of carbonyl (C=O) groups excluding carboxylic acids is 2. The zero-order valence-electron chi connectivity index (χ0n) is 16.3. The third-order valence-electron chi connectivity index (χ3n) is 5.33. The average molecular weight is 456 g/mol. The highest BCUT2D eigenvalue weighted by Crippen LogP contribution is 2.28. The van der Waals surface area contributed by atoms with Gasteiger partial charge in [-0.05, 0) is 30.9 Å². The molecule has 0 spiro atoms. The van der Waals surface area contributed by atoms with E-state index in [0.29, 0.717) is 34.9 Å². The highest BCUT2D eigenvalue weighted by molar-refractivity contribution is 6.42. The van der Waals surface area contributed by atoms with Gasteiger partial charge < -0.3 is 19.2 Å². The van der Waals surface area contributed by atoms with Gasteiger partial charge in [0.1, 0.15) is 18.9 Å². The first-order chi connectivity index (χ1) is 14.4. The van der Waals surface area contributed by atoms with Gasteiger partial charge >= 0.3 is 12.1 Å². The number of imidazole rings is 1. The number of halogens is 2. The van der Waals surface area contributed by atoms with Crippen molar-refractivity contribution in [3.8, 4) is 0 Å². The lowest BCUT2D eigenvalue weighted by molar-refractivity contribution is -0.139. The van der Waals surface area contributed by atoms with E-state index < -0.39 is 24.5 Å². The van der Waals surface area contributed by atoms with E-state index in [1.165, 1.54) is 4.90 Å². The molecule has 1 N–H and O–H groups in total. The predicted molar refractivity (Wildman–Crippen MR) is 112 cm³/mol. The quantitative estimate of drug-likeness (QED) is 0.572. The Labute approximate surface area is 183 Å². The number of carboxylic acids is 1. The molecule has 2 aromatic rings. The molecule has 0 unspecified atom stereocenters. The minimum Gasteiger partial charge on any atom is -0.481 e. The van der Waals surface area contributed by atoms with Gasteiger partial charge in [0, 0.05) is 6.54 Å². The summed E-state index contributed by atoms with van der Waals surface area (Å²) < 4.78 is 7.16. The van der Waals surface area contributed by atoms with Crippen LogP contribution < -0.4 is 0 Å². The molecule has 1 atom stereocenters. The second-order valence-corrected chi connectivity index (χ2v) is 8.23. The number of aromatic nitrogens is 2. The topological polar surface area (TPSA) is 102 Å². The molecule has 0 saturated heterocycles. The molecule has 1 aliphatic carbocycles. The van der Waals surface area contributed by atoms with Crippen LogP contribution >= 0.6 is 23.2 Å². The van der Waals surface area contributed by atoms with Crippen LogP contribution in [0, 0.1) is 5.92 Å². The number of aldehydes is 1. The molecule has 1 aromatic carbocycles. The van der Waals surface area contributed by atoms with Gasteiger partial charge in [-0.1, -0.05) is 36.0 Å². The summed E-state index contributed by atoms with van der Waals surface area (Å²) in [5.41, 5.74) is 1.42. The second-order valence-electron chi connectivity index (χ2n) is 7.41. The van der Waals surface area contributed by atoms with E-state index in [9.17, 15) is 14.4 Å². The van der Waals surface area contributed by atoms with Gasteiger partial charge in [0.25, 0.3) is 0 Å². The Morgan fingerprint density at radius 2 is 2.00 bits per heavy atom. The molecule has 1 aromatic heterocycles. The van der Waals surface area contributed by atoms with Crippen LogP contribution in [-0.2, 0) is 20.9 Å². The van der Waals surface area contributed by atoms with Gasteiger partial charge in [-0.25, -0.2) is 9.78 Å². The normalized spacial score (nSPS) is 15.3. The number of aliphatic carboxylic acids is 1. The minimum absolute atomic E-state index is 0.0321. The van der Waals surface area contributed by atoms with Crippen molar-refractivity contribution < 1.29 is 24.2 Å². The number of benzene rings is 1. The Balaban J connectivity index is 1.65. The zero-order valence-corrected chi connectivity index (χ0v) is 17.8. The molecule has 162 valence electrons. The van der Waals surface area contributed by atoms with E-state index in [1.807, 2.05) is 0 Å². The molecular weight excluding hydrogens is 433 g/mol. The number of amides is 1. The summed E-state index contributed by atoms with van der Waals surface area (Å²) in [6.45, 7) is 0.671. The Morgan fingerprint density at radius 1 is 1.30 bits per heavy atom. The summed E-state index contributed by atoms with van der Waals surface area (Å²) in [5.74, 6) is -0.893. The smallest absolute Gasteiger partial charge is 0.410 e. The lowest BCUT2D eigenvalue weighted by atomic mass is 10.1. The van der Waals surface area contributed by atoms with E-state index >= 15 is 0 Å². The molecule has 1 fully saturated rings. The van der Waals surface area contributed by atoms with Gasteiger partial charge in [-0.3, -0.25) is 9.69 Å². The van der Waals surface area contributed by atoms with Crippen molar-refractivity contribution >= 4 is 52.6 Å². The average Bonchev–Trinajstić information content (AvgIpc) is 3.35. The largest absolute Gasteiger partial charge is 0.481 e. The van der Waals surface area contributed by atoms with Crippen molar-refractivity contribution in [2.45, 2.75) is 44.7 Å². The predicted octanol–water partition coefficient (Wildman–Crippen LogP) is 4.01. The first kappa shape index (κ1) is 22.4. The van der Waals surface area contributed by atoms with Crippen LogP contribution in [0.2, 0.25) is 10.0 Å². The number of nitrogens with zero attached hydrogens (tertiary/aromatic N) is 3. The maximum Gasteiger partial charge on any atom is 0.410 e. The number of hydrogen-bond acceptors (Lipinski definition) is 5. The fourth-order valence-corrected chi connectivity index (χ4v) is 4.09. The first-order valence-electron chi connectivity index (χ1n) is 9.79. The Hall–Kier alpha value is -2.32. The van der Waals surface area contributed by atoms with Crippen molar-refractivity contribution in [1.82, 2.24) is 14.5 Å². The summed E-state index contributed by atoms with van der Waals surface area (Å²) in [4.78, 5) is 40.8. The number of rotatable bonds is 9. The van der Waals surface area contributed by atoms with E-state index in [0.717, 1.165) is 31.2 Å². The summed E-state index contributed by atoms with van der Waals surface area (Å²) in [5, 5.41) is 9.88. The fraction of sp³-hybridized carbons (Fsp3) is 0.500. The second kappa shape index (κ2) is 10.1. The van der Waals surface area contributed by atoms with E-state index in [1.54, 1.807) is 23.0 Å². The van der Waals surface area contributed by atoms with Crippen molar-refractivity contribution in [3.63, 3.8) is 0 Å². The third-order valence-corrected chi connectivity index (χ3v) is 6.05. The molecule has 1 aliphatic rings. The molecule has 8 nitrogen and oxygen atoms in total. The van der Waals surface area contributed by atoms with Gasteiger partial charge in [-0.15, -0.1) is 0 Å². The van der Waals surface area contributed by atoms with Gasteiger partial charge in [0.05, 0.1) is 40.4 Å². The van der Waals surface area contributed by atoms with E-state index in [-0.39, 0.29) is 12.5 Å². The summed E-state index contributed by atoms with van der Waals surface area (Å²) >= 11 is 12.1. The summed E-state index contributed by atoms with van der Waals surface area (Å²) in [7, 11) is 0. The van der Waals surface area contributed by atoms with Gasteiger partial charge in [0.2, 0.25) is 0 Å². The van der Waals surface area contributed by atoms with Crippen molar-refractivity contribution in [3.05, 3.63) is 28.5 Å². The van der Waals surface area contributed by atoms with Crippen LogP contribution in [0.5, 0.6) is 0 Å². The van der Waals surface area contributed by atoms with Crippen LogP contribution in [0.1, 0.15) is 32.1 Å². The number of ether oxygens (including phenoxy) is 1. The zero-order chi connectivity index (χ0) is 21.7. The van der Waals surface area contributed by atoms with Gasteiger partial charge in [-0.2, -0.15) is 0 Å². The summed E-state index contributed by atoms with van der Waals surface area (Å²) in [6.07, 6.45) is 5.00. The SMILES string of the molecule is O=C[C@H](CC(=O)O)N(CC1CCCC1)C(=O)OCCn1cnc2cc(Cl)c(Cl)cc21. The standard InChI is InChI=1S/C20H23Cl2N3O5/c21-15-8-17-18(9-16(15)22)24(12-23-17)5-6-30-20(29)25(10-13-3-1-2-4-13)14(11-26)7-19(27)28/h8-9,11-14H,1-7,10H2,(H,27,28)/t14-/m0/s1. The highest BCUT2D eigenvalue weighted by atomic mass is 35.5. The van der Waals surface area contributed by atoms with E-state index in [2.05, 4.69) is 4.98 Å². The number of carbonyl (C=O) groups is 3. The Kier molecular flexibility index (Phi) is 7.55. The van der Waals surface area contributed by atoms with E-state index in [4.69, 9.17) is 33.0 Å². The highest BCUT2D eigenvalue weighted by Gasteiger charge is 2.30. The van der Waals surface area contributed by atoms with Crippen molar-refractivity contribution in [2.75, 3.05) is 13.2 Å². The van der Waals surface area contributed by atoms with Gasteiger partial charge in [0.15, 0.2) is 0 Å². The lowest BCUT2D eigenvalue weighted by Crippen LogP contribution is -2.45. The summed E-state index contributed by atoms with van der Waals surface area (Å²) in [6, 6.07) is 2.30. The van der Waals surface area contributed by atoms with Crippen molar-refractivity contribution in [2.24, 2.45) is 5.92 Å². The Morgan fingerprint density at radius 3 is 2.67 bits per heavy atom. The number of hydrogen-bond donors (Lipinski definition) is 1. The number of fused-ring (bicyclic) bond motifs is 1. The van der Waals surface area contributed by atoms with Crippen molar-refractivity contribution in [1.29, 1.82) is 0 Å². The maximum absolute atomic E-state index is 12.7. The van der Waals surface area contributed by atoms with Crippen LogP contribution in [0.25, 0.3) is 11.0 Å². The molecule has 10 heteroatoms. The van der Waals surface area contributed by atoms with Crippen LogP contribution in [0.4, 0.5) is 4.79 Å². The molecule has 30 heavy (non-hydrogen) atoms. The lowest BCUT2D eigenvalue weighted by Gasteiger charge is -2.29. The molecule has 1 heterocycles. The fourth-order valence-electron chi connectivity index (χ4n) is 3.77.